The molecule has 1 fully saturated rings. The Morgan fingerprint density at radius 1 is 1.33 bits per heavy atom. The number of benzene rings is 1. The molecule has 0 aromatic heterocycles. The first-order chi connectivity index (χ1) is 7.40. The van der Waals surface area contributed by atoms with E-state index >= 15 is 0 Å². The molecule has 0 bridgehead atoms. The summed E-state index contributed by atoms with van der Waals surface area (Å²) in [6.45, 7) is 3.74. The minimum absolute atomic E-state index is 0.750. The summed E-state index contributed by atoms with van der Waals surface area (Å²) in [5.74, 6) is 1.55. The predicted molar refractivity (Wildman–Crippen MR) is 62.5 cm³/mol. The maximum Gasteiger partial charge on any atom is 0.0717 e. The van der Waals surface area contributed by atoms with Gasteiger partial charge in [-0.15, -0.1) is 0 Å². The van der Waals surface area contributed by atoms with Crippen LogP contribution in [0, 0.1) is 11.8 Å². The summed E-state index contributed by atoms with van der Waals surface area (Å²) in [6, 6.07) is 10.4. The van der Waals surface area contributed by atoms with Crippen LogP contribution >= 0.6 is 0 Å². The Morgan fingerprint density at radius 2 is 2.13 bits per heavy atom. The largest absolute Gasteiger partial charge is 0.376 e. The maximum absolute atomic E-state index is 5.69. The normalized spacial score (nSPS) is 24.6. The predicted octanol–water partition coefficient (Wildman–Crippen LogP) is 3.42. The summed E-state index contributed by atoms with van der Waals surface area (Å²) in [7, 11) is 0. The van der Waals surface area contributed by atoms with E-state index in [1.165, 1.54) is 12.0 Å². The fourth-order valence-corrected chi connectivity index (χ4v) is 1.85. The van der Waals surface area contributed by atoms with Crippen molar-refractivity contribution in [2.75, 3.05) is 6.61 Å². The first-order valence-corrected chi connectivity index (χ1v) is 5.64. The molecule has 1 unspecified atom stereocenters. The average Bonchev–Trinajstić information content (AvgIpc) is 2.99. The molecule has 0 spiro atoms. The Bertz CT molecular complexity index is 315. The first kappa shape index (κ1) is 10.4. The number of ether oxygens (including phenoxy) is 1. The molecule has 1 heteroatoms. The van der Waals surface area contributed by atoms with Crippen LogP contribution < -0.4 is 0 Å². The van der Waals surface area contributed by atoms with Crippen LogP contribution in [-0.2, 0) is 11.3 Å². The summed E-state index contributed by atoms with van der Waals surface area (Å²) in [5, 5.41) is 0. The molecule has 0 heterocycles. The van der Waals surface area contributed by atoms with E-state index in [9.17, 15) is 0 Å². The standard InChI is InChI=1S/C14H18O/c1-2-6-13-9-14(13)11-15-10-12-7-4-3-5-8-12/h2-8,13-14H,9-11H2,1H3/b6-2+/t13?,14-/m0/s1. The van der Waals surface area contributed by atoms with E-state index in [0.717, 1.165) is 25.0 Å². The molecular formula is C14H18O. The van der Waals surface area contributed by atoms with Gasteiger partial charge in [0.25, 0.3) is 0 Å². The van der Waals surface area contributed by atoms with Crippen molar-refractivity contribution >= 4 is 0 Å². The Hall–Kier alpha value is -1.08. The van der Waals surface area contributed by atoms with Gasteiger partial charge in [0.2, 0.25) is 0 Å². The molecule has 1 nitrogen and oxygen atoms in total. The third-order valence-electron chi connectivity index (χ3n) is 2.86. The van der Waals surface area contributed by atoms with Crippen LogP contribution in [0.15, 0.2) is 42.5 Å². The van der Waals surface area contributed by atoms with E-state index in [2.05, 4.69) is 43.3 Å². The monoisotopic (exact) mass is 202 g/mol. The second-order valence-corrected chi connectivity index (χ2v) is 4.19. The molecule has 2 atom stereocenters. The highest BCUT2D eigenvalue weighted by Gasteiger charge is 2.34. The molecule has 2 rings (SSSR count). The molecule has 1 aliphatic carbocycles. The topological polar surface area (TPSA) is 9.23 Å². The second-order valence-electron chi connectivity index (χ2n) is 4.19. The van der Waals surface area contributed by atoms with E-state index in [-0.39, 0.29) is 0 Å². The van der Waals surface area contributed by atoms with Gasteiger partial charge >= 0.3 is 0 Å². The molecule has 80 valence electrons. The lowest BCUT2D eigenvalue weighted by molar-refractivity contribution is 0.109. The maximum atomic E-state index is 5.69. The number of rotatable bonds is 5. The van der Waals surface area contributed by atoms with Crippen molar-refractivity contribution in [1.29, 1.82) is 0 Å². The third kappa shape index (κ3) is 3.21. The first-order valence-electron chi connectivity index (χ1n) is 5.64. The van der Waals surface area contributed by atoms with Gasteiger partial charge < -0.3 is 4.74 Å². The molecule has 0 saturated heterocycles. The molecule has 1 aliphatic rings. The smallest absolute Gasteiger partial charge is 0.0717 e. The van der Waals surface area contributed by atoms with E-state index in [1.54, 1.807) is 0 Å². The Morgan fingerprint density at radius 3 is 2.87 bits per heavy atom. The van der Waals surface area contributed by atoms with Gasteiger partial charge in [0.15, 0.2) is 0 Å². The number of allylic oxidation sites excluding steroid dienone is 2. The lowest BCUT2D eigenvalue weighted by Crippen LogP contribution is -1.98. The van der Waals surface area contributed by atoms with E-state index < -0.39 is 0 Å². The van der Waals surface area contributed by atoms with E-state index in [4.69, 9.17) is 4.74 Å². The fourth-order valence-electron chi connectivity index (χ4n) is 1.85. The molecule has 0 amide bonds. The van der Waals surface area contributed by atoms with Gasteiger partial charge in [-0.1, -0.05) is 42.5 Å². The average molecular weight is 202 g/mol. The summed E-state index contributed by atoms with van der Waals surface area (Å²) < 4.78 is 5.69. The van der Waals surface area contributed by atoms with Crippen LogP contribution in [0.4, 0.5) is 0 Å². The van der Waals surface area contributed by atoms with Gasteiger partial charge in [-0.05, 0) is 30.7 Å². The van der Waals surface area contributed by atoms with Crippen LogP contribution in [-0.4, -0.2) is 6.61 Å². The molecular weight excluding hydrogens is 184 g/mol. The Kier molecular flexibility index (Phi) is 3.57. The van der Waals surface area contributed by atoms with Crippen LogP contribution in [0.1, 0.15) is 18.9 Å². The van der Waals surface area contributed by atoms with Crippen molar-refractivity contribution < 1.29 is 4.74 Å². The molecule has 15 heavy (non-hydrogen) atoms. The molecule has 0 radical (unpaired) electrons. The van der Waals surface area contributed by atoms with Crippen LogP contribution in [0.5, 0.6) is 0 Å². The second kappa shape index (κ2) is 5.13. The van der Waals surface area contributed by atoms with Crippen LogP contribution in [0.3, 0.4) is 0 Å². The highest BCUT2D eigenvalue weighted by atomic mass is 16.5. The van der Waals surface area contributed by atoms with Gasteiger partial charge in [0.05, 0.1) is 13.2 Å². The minimum Gasteiger partial charge on any atom is -0.376 e. The summed E-state index contributed by atoms with van der Waals surface area (Å²) >= 11 is 0. The van der Waals surface area contributed by atoms with Crippen LogP contribution in [0.2, 0.25) is 0 Å². The summed E-state index contributed by atoms with van der Waals surface area (Å²) in [6.07, 6.45) is 5.73. The zero-order valence-corrected chi connectivity index (χ0v) is 9.23. The van der Waals surface area contributed by atoms with Gasteiger partial charge in [-0.3, -0.25) is 0 Å². The van der Waals surface area contributed by atoms with Gasteiger partial charge in [-0.2, -0.15) is 0 Å². The van der Waals surface area contributed by atoms with Gasteiger partial charge in [0.1, 0.15) is 0 Å². The lowest BCUT2D eigenvalue weighted by atomic mass is 10.2. The third-order valence-corrected chi connectivity index (χ3v) is 2.86. The molecule has 1 aromatic carbocycles. The van der Waals surface area contributed by atoms with Crippen LogP contribution in [0.25, 0.3) is 0 Å². The number of hydrogen-bond donors (Lipinski definition) is 0. The van der Waals surface area contributed by atoms with Crippen molar-refractivity contribution in [1.82, 2.24) is 0 Å². The minimum atomic E-state index is 0.750. The van der Waals surface area contributed by atoms with Crippen molar-refractivity contribution in [3.05, 3.63) is 48.0 Å². The summed E-state index contributed by atoms with van der Waals surface area (Å²) in [4.78, 5) is 0. The molecule has 1 aromatic rings. The van der Waals surface area contributed by atoms with Crippen molar-refractivity contribution in [2.45, 2.75) is 20.0 Å². The van der Waals surface area contributed by atoms with Gasteiger partial charge in [0, 0.05) is 0 Å². The molecule has 0 N–H and O–H groups in total. The van der Waals surface area contributed by atoms with Crippen molar-refractivity contribution in [3.63, 3.8) is 0 Å². The fraction of sp³-hybridized carbons (Fsp3) is 0.429. The number of hydrogen-bond acceptors (Lipinski definition) is 1. The zero-order valence-electron chi connectivity index (χ0n) is 9.23. The lowest BCUT2D eigenvalue weighted by Gasteiger charge is -2.02. The highest BCUT2D eigenvalue weighted by Crippen LogP contribution is 2.39. The Labute approximate surface area is 91.8 Å². The Balaban J connectivity index is 1.64. The SMILES string of the molecule is C/C=C/C1C[C@H]1COCc1ccccc1. The van der Waals surface area contributed by atoms with E-state index in [1.807, 2.05) is 6.07 Å². The summed E-state index contributed by atoms with van der Waals surface area (Å²) in [5.41, 5.74) is 1.26. The van der Waals surface area contributed by atoms with Crippen molar-refractivity contribution in [2.24, 2.45) is 11.8 Å². The van der Waals surface area contributed by atoms with E-state index in [0.29, 0.717) is 0 Å². The van der Waals surface area contributed by atoms with Gasteiger partial charge in [-0.25, -0.2) is 0 Å². The quantitative estimate of drug-likeness (QED) is 0.665. The zero-order chi connectivity index (χ0) is 10.5. The van der Waals surface area contributed by atoms with Crippen molar-refractivity contribution in [3.8, 4) is 0 Å². The molecule has 0 aliphatic heterocycles. The highest BCUT2D eigenvalue weighted by molar-refractivity contribution is 5.13. The molecule has 1 saturated carbocycles.